The number of H-pyrrole nitrogens is 1. The Bertz CT molecular complexity index is 858. The highest BCUT2D eigenvalue weighted by Gasteiger charge is 2.18. The number of anilines is 1. The zero-order valence-corrected chi connectivity index (χ0v) is 14.4. The summed E-state index contributed by atoms with van der Waals surface area (Å²) in [6.45, 7) is 6.13. The summed E-state index contributed by atoms with van der Waals surface area (Å²) >= 11 is 1.34. The van der Waals surface area contributed by atoms with E-state index in [4.69, 9.17) is 9.26 Å². The Morgan fingerprint density at radius 2 is 2.29 bits per heavy atom. The lowest BCUT2D eigenvalue weighted by Crippen LogP contribution is -2.22. The summed E-state index contributed by atoms with van der Waals surface area (Å²) in [5.41, 5.74) is 1.71. The van der Waals surface area contributed by atoms with Gasteiger partial charge in [-0.2, -0.15) is 0 Å². The first-order valence-corrected chi connectivity index (χ1v) is 8.46. The first-order valence-electron chi connectivity index (χ1n) is 7.58. The van der Waals surface area contributed by atoms with Crippen molar-refractivity contribution in [3.8, 4) is 5.75 Å². The average molecular weight is 346 g/mol. The fourth-order valence-corrected chi connectivity index (χ4v) is 2.97. The third-order valence-electron chi connectivity index (χ3n) is 3.28. The van der Waals surface area contributed by atoms with Crippen LogP contribution in [0.15, 0.2) is 33.9 Å². The molecule has 0 aliphatic heterocycles. The minimum Gasteiger partial charge on any atom is -0.494 e. The fraction of sp³-hybridized carbons (Fsp3) is 0.312. The highest BCUT2D eigenvalue weighted by atomic mass is 32.2. The van der Waals surface area contributed by atoms with Crippen LogP contribution in [0.4, 0.5) is 5.82 Å². The number of hydrogen-bond acceptors (Lipinski definition) is 6. The van der Waals surface area contributed by atoms with Crippen LogP contribution >= 0.6 is 11.8 Å². The van der Waals surface area contributed by atoms with Crippen LogP contribution in [0, 0.1) is 6.92 Å². The van der Waals surface area contributed by atoms with E-state index in [-0.39, 0.29) is 11.2 Å². The molecule has 24 heavy (non-hydrogen) atoms. The van der Waals surface area contributed by atoms with E-state index in [9.17, 15) is 4.79 Å². The molecule has 1 aromatic carbocycles. The number of aromatic nitrogens is 3. The van der Waals surface area contributed by atoms with Crippen LogP contribution in [0.5, 0.6) is 5.75 Å². The molecule has 8 heteroatoms. The van der Waals surface area contributed by atoms with Crippen LogP contribution in [0.2, 0.25) is 0 Å². The van der Waals surface area contributed by atoms with Gasteiger partial charge in [0.2, 0.25) is 5.91 Å². The van der Waals surface area contributed by atoms with Gasteiger partial charge in [0.05, 0.1) is 22.9 Å². The second kappa shape index (κ2) is 6.96. The summed E-state index contributed by atoms with van der Waals surface area (Å²) in [4.78, 5) is 19.9. The van der Waals surface area contributed by atoms with Gasteiger partial charge in [0.25, 0.3) is 0 Å². The standard InChI is InChI=1S/C16H18N4O3S/c1-4-22-11-5-6-12-13(8-11)18-16(17-12)24-10(3)15(21)19-14-7-9(2)23-20-14/h5-8,10H,4H2,1-3H3,(H,17,18)(H,19,20,21). The number of hydrogen-bond donors (Lipinski definition) is 2. The predicted molar refractivity (Wildman–Crippen MR) is 92.5 cm³/mol. The Kier molecular flexibility index (Phi) is 4.75. The fourth-order valence-electron chi connectivity index (χ4n) is 2.15. The Hall–Kier alpha value is -2.48. The van der Waals surface area contributed by atoms with Gasteiger partial charge in [0.1, 0.15) is 11.5 Å². The first kappa shape index (κ1) is 16.4. The predicted octanol–water partition coefficient (Wildman–Crippen LogP) is 3.38. The van der Waals surface area contributed by atoms with E-state index in [1.807, 2.05) is 32.0 Å². The van der Waals surface area contributed by atoms with E-state index in [1.165, 1.54) is 11.8 Å². The van der Waals surface area contributed by atoms with Gasteiger partial charge in [-0.05, 0) is 32.9 Å². The summed E-state index contributed by atoms with van der Waals surface area (Å²) in [7, 11) is 0. The molecule has 0 saturated carbocycles. The van der Waals surface area contributed by atoms with Gasteiger partial charge in [-0.25, -0.2) is 4.98 Å². The SMILES string of the molecule is CCOc1ccc2nc(SC(C)C(=O)Nc3cc(C)on3)[nH]c2c1. The van der Waals surface area contributed by atoms with Crippen LogP contribution < -0.4 is 10.1 Å². The van der Waals surface area contributed by atoms with Gasteiger partial charge in [-0.1, -0.05) is 16.9 Å². The summed E-state index contributed by atoms with van der Waals surface area (Å²) < 4.78 is 10.4. The first-order chi connectivity index (χ1) is 11.5. The van der Waals surface area contributed by atoms with E-state index in [1.54, 1.807) is 13.0 Å². The van der Waals surface area contributed by atoms with Crippen molar-refractivity contribution < 1.29 is 14.1 Å². The van der Waals surface area contributed by atoms with Gasteiger partial charge in [0, 0.05) is 12.1 Å². The maximum absolute atomic E-state index is 12.2. The topological polar surface area (TPSA) is 93.0 Å². The second-order valence-electron chi connectivity index (χ2n) is 5.23. The molecule has 0 spiro atoms. The lowest BCUT2D eigenvalue weighted by atomic mass is 10.3. The molecule has 7 nitrogen and oxygen atoms in total. The Balaban J connectivity index is 1.68. The number of aryl methyl sites for hydroxylation is 1. The van der Waals surface area contributed by atoms with Gasteiger partial charge in [0.15, 0.2) is 11.0 Å². The number of amides is 1. The molecule has 0 aliphatic rings. The number of carbonyl (C=O) groups excluding carboxylic acids is 1. The number of carbonyl (C=O) groups is 1. The number of nitrogens with zero attached hydrogens (tertiary/aromatic N) is 2. The molecule has 0 saturated heterocycles. The third-order valence-corrected chi connectivity index (χ3v) is 4.26. The normalized spacial score (nSPS) is 12.3. The Labute approximate surface area is 143 Å². The van der Waals surface area contributed by atoms with Crippen molar-refractivity contribution in [1.82, 2.24) is 15.1 Å². The van der Waals surface area contributed by atoms with Crippen molar-refractivity contribution >= 4 is 34.5 Å². The summed E-state index contributed by atoms with van der Waals surface area (Å²) in [6, 6.07) is 7.35. The van der Waals surface area contributed by atoms with Crippen LogP contribution in [-0.2, 0) is 4.79 Å². The van der Waals surface area contributed by atoms with E-state index < -0.39 is 0 Å². The number of imidazole rings is 1. The van der Waals surface area contributed by atoms with Gasteiger partial charge < -0.3 is 19.6 Å². The molecule has 2 aromatic heterocycles. The van der Waals surface area contributed by atoms with E-state index in [0.717, 1.165) is 16.8 Å². The molecular weight excluding hydrogens is 328 g/mol. The van der Waals surface area contributed by atoms with Crippen molar-refractivity contribution in [2.45, 2.75) is 31.2 Å². The third kappa shape index (κ3) is 3.70. The smallest absolute Gasteiger partial charge is 0.238 e. The van der Waals surface area contributed by atoms with Crippen molar-refractivity contribution in [3.63, 3.8) is 0 Å². The molecular formula is C16H18N4O3S. The van der Waals surface area contributed by atoms with Crippen LogP contribution in [0.25, 0.3) is 11.0 Å². The lowest BCUT2D eigenvalue weighted by molar-refractivity contribution is -0.115. The maximum Gasteiger partial charge on any atom is 0.238 e. The quantitative estimate of drug-likeness (QED) is 0.665. The number of benzene rings is 1. The van der Waals surface area contributed by atoms with Crippen molar-refractivity contribution in [2.24, 2.45) is 0 Å². The average Bonchev–Trinajstić information content (AvgIpc) is 3.12. The monoisotopic (exact) mass is 346 g/mol. The number of ether oxygens (including phenoxy) is 1. The minimum atomic E-state index is -0.339. The molecule has 2 heterocycles. The minimum absolute atomic E-state index is 0.163. The van der Waals surface area contributed by atoms with Crippen molar-refractivity contribution in [3.05, 3.63) is 30.0 Å². The zero-order chi connectivity index (χ0) is 17.1. The Morgan fingerprint density at radius 3 is 3.00 bits per heavy atom. The second-order valence-corrected chi connectivity index (χ2v) is 6.56. The zero-order valence-electron chi connectivity index (χ0n) is 13.6. The van der Waals surface area contributed by atoms with Gasteiger partial charge in [-0.3, -0.25) is 4.79 Å². The van der Waals surface area contributed by atoms with Crippen molar-refractivity contribution in [1.29, 1.82) is 0 Å². The molecule has 1 unspecified atom stereocenters. The number of thioether (sulfide) groups is 1. The lowest BCUT2D eigenvalue weighted by Gasteiger charge is -2.07. The van der Waals surface area contributed by atoms with Gasteiger partial charge in [-0.15, -0.1) is 0 Å². The van der Waals surface area contributed by atoms with Crippen molar-refractivity contribution in [2.75, 3.05) is 11.9 Å². The van der Waals surface area contributed by atoms with Gasteiger partial charge >= 0.3 is 0 Å². The molecule has 0 aliphatic carbocycles. The number of rotatable bonds is 6. The van der Waals surface area contributed by atoms with E-state index in [0.29, 0.717) is 23.3 Å². The van der Waals surface area contributed by atoms with E-state index in [2.05, 4.69) is 20.4 Å². The summed E-state index contributed by atoms with van der Waals surface area (Å²) in [5, 5.41) is 6.81. The number of nitrogens with one attached hydrogen (secondary N) is 2. The maximum atomic E-state index is 12.2. The molecule has 0 bridgehead atoms. The Morgan fingerprint density at radius 1 is 1.46 bits per heavy atom. The number of aromatic amines is 1. The van der Waals surface area contributed by atoms with E-state index >= 15 is 0 Å². The molecule has 0 radical (unpaired) electrons. The molecule has 0 fully saturated rings. The molecule has 2 N–H and O–H groups in total. The molecule has 1 atom stereocenters. The number of fused-ring (bicyclic) bond motifs is 1. The summed E-state index contributed by atoms with van der Waals surface area (Å²) in [6.07, 6.45) is 0. The van der Waals surface area contributed by atoms with Crippen LogP contribution in [0.3, 0.4) is 0 Å². The summed E-state index contributed by atoms with van der Waals surface area (Å²) in [5.74, 6) is 1.69. The molecule has 3 rings (SSSR count). The highest BCUT2D eigenvalue weighted by Crippen LogP contribution is 2.26. The van der Waals surface area contributed by atoms with Crippen LogP contribution in [-0.4, -0.2) is 32.9 Å². The molecule has 126 valence electrons. The highest BCUT2D eigenvalue weighted by molar-refractivity contribution is 8.00. The molecule has 1 amide bonds. The van der Waals surface area contributed by atoms with Crippen LogP contribution in [0.1, 0.15) is 19.6 Å². The molecule has 3 aromatic rings. The largest absolute Gasteiger partial charge is 0.494 e.